The van der Waals surface area contributed by atoms with Gasteiger partial charge in [0.1, 0.15) is 11.9 Å². The Hall–Kier alpha value is -2.45. The Morgan fingerprint density at radius 3 is 2.21 bits per heavy atom. The molecule has 0 bridgehead atoms. The maximum absolute atomic E-state index is 14.1. The number of aliphatic carboxylic acids is 1. The van der Waals surface area contributed by atoms with E-state index in [9.17, 15) is 34.2 Å². The van der Waals surface area contributed by atoms with Gasteiger partial charge in [-0.15, -0.1) is 0 Å². The molecule has 0 aromatic carbocycles. The molecule has 4 aliphatic carbocycles. The Bertz CT molecular complexity index is 1210. The van der Waals surface area contributed by atoms with E-state index in [1.807, 2.05) is 20.8 Å². The first-order valence-electron chi connectivity index (χ1n) is 13.5. The van der Waals surface area contributed by atoms with E-state index in [0.717, 1.165) is 0 Å². The summed E-state index contributed by atoms with van der Waals surface area (Å²) in [6.07, 6.45) is -0.130. The summed E-state index contributed by atoms with van der Waals surface area (Å²) in [7, 11) is 0. The predicted octanol–water partition coefficient (Wildman–Crippen LogP) is 3.23. The molecule has 38 heavy (non-hydrogen) atoms. The Morgan fingerprint density at radius 2 is 1.63 bits per heavy atom. The van der Waals surface area contributed by atoms with E-state index in [0.29, 0.717) is 18.4 Å². The summed E-state index contributed by atoms with van der Waals surface area (Å²) in [5.74, 6) is -4.48. The maximum Gasteiger partial charge on any atom is 0.306 e. The first kappa shape index (κ1) is 28.6. The second kappa shape index (κ2) is 8.78. The van der Waals surface area contributed by atoms with Crippen molar-refractivity contribution in [3.05, 3.63) is 22.8 Å². The van der Waals surface area contributed by atoms with Gasteiger partial charge in [0.05, 0.1) is 17.4 Å². The summed E-state index contributed by atoms with van der Waals surface area (Å²) >= 11 is 0. The Kier molecular flexibility index (Phi) is 6.60. The highest BCUT2D eigenvalue weighted by Gasteiger charge is 2.73. The third-order valence-corrected chi connectivity index (χ3v) is 11.1. The Labute approximate surface area is 223 Å². The number of allylic oxidation sites excluding steroid dienone is 3. The molecule has 8 heteroatoms. The summed E-state index contributed by atoms with van der Waals surface area (Å²) in [5.41, 5.74) is -3.28. The number of carboxylic acid groups (broad SMARTS) is 1. The average Bonchev–Trinajstić information content (AvgIpc) is 3.03. The molecule has 0 radical (unpaired) electrons. The van der Waals surface area contributed by atoms with Crippen LogP contribution in [0.5, 0.6) is 0 Å². The van der Waals surface area contributed by atoms with E-state index in [1.54, 1.807) is 20.8 Å². The van der Waals surface area contributed by atoms with Crippen molar-refractivity contribution in [3.8, 4) is 0 Å². The molecule has 3 N–H and O–H groups in total. The topological polar surface area (TPSA) is 146 Å². The van der Waals surface area contributed by atoms with Crippen molar-refractivity contribution in [2.75, 3.05) is 0 Å². The van der Waals surface area contributed by atoms with Crippen LogP contribution in [0.2, 0.25) is 0 Å². The number of Topliss-reactive ketones (excluding diaryl/α,β-unsaturated/α-hetero) is 3. The van der Waals surface area contributed by atoms with E-state index >= 15 is 0 Å². The Morgan fingerprint density at radius 1 is 1.03 bits per heavy atom. The molecule has 2 fully saturated rings. The van der Waals surface area contributed by atoms with Crippen molar-refractivity contribution in [2.24, 2.45) is 39.4 Å². The van der Waals surface area contributed by atoms with Crippen LogP contribution < -0.4 is 0 Å². The molecule has 8 nitrogen and oxygen atoms in total. The van der Waals surface area contributed by atoms with Gasteiger partial charge < -0.3 is 15.3 Å². The van der Waals surface area contributed by atoms with Crippen LogP contribution in [-0.2, 0) is 24.0 Å². The lowest BCUT2D eigenvalue weighted by atomic mass is 9.42. The molecule has 0 aromatic rings. The maximum atomic E-state index is 14.1. The average molecular weight is 529 g/mol. The second-order valence-electron chi connectivity index (χ2n) is 13.4. The van der Waals surface area contributed by atoms with Crippen molar-refractivity contribution < 1.29 is 39.3 Å². The van der Waals surface area contributed by atoms with Gasteiger partial charge in [-0.2, -0.15) is 0 Å². The second-order valence-corrected chi connectivity index (χ2v) is 13.4. The first-order chi connectivity index (χ1) is 17.4. The number of aliphatic hydroxyl groups excluding tert-OH is 2. The van der Waals surface area contributed by atoms with E-state index in [2.05, 4.69) is 0 Å². The fraction of sp³-hybridized carbons (Fsp3) is 0.700. The van der Waals surface area contributed by atoms with Gasteiger partial charge >= 0.3 is 5.97 Å². The highest BCUT2D eigenvalue weighted by Crippen LogP contribution is 2.69. The summed E-state index contributed by atoms with van der Waals surface area (Å²) in [6.45, 7) is 12.1. The number of hydrogen-bond acceptors (Lipinski definition) is 7. The van der Waals surface area contributed by atoms with Crippen molar-refractivity contribution in [1.29, 1.82) is 0 Å². The third-order valence-electron chi connectivity index (χ3n) is 11.1. The molecule has 4 aliphatic rings. The molecule has 0 aromatic heterocycles. The quantitative estimate of drug-likeness (QED) is 0.461. The molecular formula is C30H40O8. The van der Waals surface area contributed by atoms with Crippen LogP contribution in [0.4, 0.5) is 0 Å². The lowest BCUT2D eigenvalue weighted by Crippen LogP contribution is -2.64. The van der Waals surface area contributed by atoms with Gasteiger partial charge in [-0.3, -0.25) is 24.0 Å². The minimum Gasteiger partial charge on any atom is -0.481 e. The highest BCUT2D eigenvalue weighted by molar-refractivity contribution is 6.18. The number of rotatable bonds is 5. The van der Waals surface area contributed by atoms with Crippen molar-refractivity contribution in [3.63, 3.8) is 0 Å². The number of fused-ring (bicyclic) bond motifs is 4. The largest absolute Gasteiger partial charge is 0.481 e. The van der Waals surface area contributed by atoms with Gasteiger partial charge in [-0.25, -0.2) is 0 Å². The fourth-order valence-electron chi connectivity index (χ4n) is 8.44. The van der Waals surface area contributed by atoms with Crippen LogP contribution in [0, 0.1) is 39.4 Å². The van der Waals surface area contributed by atoms with Crippen molar-refractivity contribution in [2.45, 2.75) is 92.8 Å². The molecule has 208 valence electrons. The summed E-state index contributed by atoms with van der Waals surface area (Å²) in [6, 6.07) is 0. The van der Waals surface area contributed by atoms with Gasteiger partial charge in [0.25, 0.3) is 0 Å². The molecule has 2 saturated carbocycles. The van der Waals surface area contributed by atoms with Gasteiger partial charge in [-0.05, 0) is 50.0 Å². The summed E-state index contributed by atoms with van der Waals surface area (Å²) in [5, 5.41) is 31.6. The van der Waals surface area contributed by atoms with E-state index < -0.39 is 63.2 Å². The molecule has 4 rings (SSSR count). The van der Waals surface area contributed by atoms with Crippen molar-refractivity contribution >= 4 is 29.1 Å². The molecule has 0 heterocycles. The van der Waals surface area contributed by atoms with E-state index in [-0.39, 0.29) is 47.9 Å². The van der Waals surface area contributed by atoms with Gasteiger partial charge in [0.2, 0.25) is 0 Å². The molecule has 0 aliphatic heterocycles. The number of hydrogen-bond donors (Lipinski definition) is 3. The smallest absolute Gasteiger partial charge is 0.306 e. The zero-order chi connectivity index (χ0) is 28.7. The van der Waals surface area contributed by atoms with Crippen LogP contribution in [0.25, 0.3) is 0 Å². The van der Waals surface area contributed by atoms with Gasteiger partial charge in [0, 0.05) is 41.2 Å². The summed E-state index contributed by atoms with van der Waals surface area (Å²) in [4.78, 5) is 65.7. The number of ketones is 4. The van der Waals surface area contributed by atoms with Crippen LogP contribution in [0.3, 0.4) is 0 Å². The lowest BCUT2D eigenvalue weighted by Gasteiger charge is -2.60. The van der Waals surface area contributed by atoms with Crippen LogP contribution in [0.15, 0.2) is 22.8 Å². The molecule has 0 unspecified atom stereocenters. The van der Waals surface area contributed by atoms with Crippen LogP contribution in [0.1, 0.15) is 80.6 Å². The monoisotopic (exact) mass is 528 g/mol. The lowest BCUT2D eigenvalue weighted by molar-refractivity contribution is -0.156. The number of carbonyl (C=O) groups is 5. The molecular weight excluding hydrogens is 488 g/mol. The van der Waals surface area contributed by atoms with E-state index in [4.69, 9.17) is 5.11 Å². The number of carbonyl (C=O) groups excluding carboxylic acids is 4. The van der Waals surface area contributed by atoms with Crippen LogP contribution in [-0.4, -0.2) is 56.6 Å². The summed E-state index contributed by atoms with van der Waals surface area (Å²) < 4.78 is 0. The SMILES string of the molecule is C/C(=C\C(=O)C[C@@H](C)C(=O)O)[C@H]1CC(=O)[C@@]2(C)C3=C(C(=O)[C@@H](O)[C@]12C)[C@@]1(C)CC[C@H](O)C(C)(C)[C@H]1CC3=O. The van der Waals surface area contributed by atoms with Crippen LogP contribution >= 0.6 is 0 Å². The predicted molar refractivity (Wildman–Crippen MR) is 138 cm³/mol. The number of aliphatic hydroxyl groups is 2. The minimum absolute atomic E-state index is 0.0458. The standard InChI is InChI=1S/C30H40O8/c1-14(10-16(31)11-15(2)26(37)38)17-12-21(34)30(7)22-18(32)13-19-27(3,4)20(33)8-9-28(19,5)23(22)24(35)25(36)29(17,30)6/h10,15,17,19-20,25,33,36H,8-9,11-13H2,1-7H3,(H,37,38)/b14-10+/t15-,17-,19-,20+,25-,28+,29+,30+/m1/s1. The fourth-order valence-corrected chi connectivity index (χ4v) is 8.44. The molecule has 8 atom stereocenters. The first-order valence-corrected chi connectivity index (χ1v) is 13.5. The zero-order valence-electron chi connectivity index (χ0n) is 23.4. The van der Waals surface area contributed by atoms with E-state index in [1.165, 1.54) is 13.0 Å². The van der Waals surface area contributed by atoms with Gasteiger partial charge in [-0.1, -0.05) is 40.2 Å². The Balaban J connectivity index is 1.86. The van der Waals surface area contributed by atoms with Gasteiger partial charge in [0.15, 0.2) is 17.3 Å². The zero-order valence-corrected chi connectivity index (χ0v) is 23.4. The highest BCUT2D eigenvalue weighted by atomic mass is 16.4. The van der Waals surface area contributed by atoms with Crippen molar-refractivity contribution in [1.82, 2.24) is 0 Å². The normalized spacial score (nSPS) is 41.4. The molecule has 0 saturated heterocycles. The number of carboxylic acids is 1. The minimum atomic E-state index is -1.57. The molecule has 0 spiro atoms. The molecule has 0 amide bonds. The third kappa shape index (κ3) is 3.52.